The molecule has 1 saturated heterocycles. The smallest absolute Gasteiger partial charge is 0.290 e. The Hall–Kier alpha value is -2.22. The normalized spacial score (nSPS) is 19.9. The molecule has 0 spiro atoms. The van der Waals surface area contributed by atoms with Crippen LogP contribution in [0.3, 0.4) is 0 Å². The molecule has 8 heteroatoms. The lowest BCUT2D eigenvalue weighted by Gasteiger charge is -2.28. The maximum Gasteiger partial charge on any atom is 0.290 e. The van der Waals surface area contributed by atoms with E-state index >= 15 is 0 Å². The van der Waals surface area contributed by atoms with Crippen molar-refractivity contribution in [3.63, 3.8) is 0 Å². The molecule has 158 valence electrons. The summed E-state index contributed by atoms with van der Waals surface area (Å²) in [5, 5.41) is 12.0. The highest BCUT2D eigenvalue weighted by Crippen LogP contribution is 2.40. The molecule has 3 heterocycles. The summed E-state index contributed by atoms with van der Waals surface area (Å²) in [4.78, 5) is 35.1. The van der Waals surface area contributed by atoms with Crippen LogP contribution in [0.25, 0.3) is 0 Å². The number of ketones is 1. The van der Waals surface area contributed by atoms with Crippen molar-refractivity contribution < 1.29 is 14.7 Å². The number of amides is 1. The molecular weight excluding hydrogens is 422 g/mol. The van der Waals surface area contributed by atoms with Crippen molar-refractivity contribution in [1.29, 1.82) is 0 Å². The highest BCUT2D eigenvalue weighted by atomic mass is 35.5. The van der Waals surface area contributed by atoms with Gasteiger partial charge in [-0.05, 0) is 57.5 Å². The Bertz CT molecular complexity index is 1030. The summed E-state index contributed by atoms with van der Waals surface area (Å²) < 4.78 is 0. The molecule has 1 aromatic carbocycles. The number of nitrogens with zero attached hydrogens (tertiary/aromatic N) is 3. The standard InChI is InChI=1S/C22H24ClN3O3S/c1-13-21(30-14(2)24-13)19(27)17-18(15-6-5-7-16(23)12-15)26(22(29)20(17)28)11-10-25-8-3-4-9-25/h5-7,12,18,28H,3-4,8-11H2,1-2H3. The molecule has 1 N–H and O–H groups in total. The van der Waals surface area contributed by atoms with E-state index in [2.05, 4.69) is 9.88 Å². The second-order valence-corrected chi connectivity index (χ2v) is 9.38. The van der Waals surface area contributed by atoms with Crippen molar-refractivity contribution >= 4 is 34.6 Å². The average Bonchev–Trinajstić information content (AvgIpc) is 3.40. The lowest BCUT2D eigenvalue weighted by molar-refractivity contribution is -0.129. The van der Waals surface area contributed by atoms with Gasteiger partial charge in [-0.3, -0.25) is 9.59 Å². The zero-order chi connectivity index (χ0) is 21.4. The number of aliphatic hydroxyl groups excluding tert-OH is 1. The first-order valence-corrected chi connectivity index (χ1v) is 11.3. The molecule has 2 aliphatic rings. The van der Waals surface area contributed by atoms with Crippen LogP contribution in [0, 0.1) is 13.8 Å². The zero-order valence-electron chi connectivity index (χ0n) is 17.0. The molecule has 2 aliphatic heterocycles. The lowest BCUT2D eigenvalue weighted by Crippen LogP contribution is -2.37. The highest BCUT2D eigenvalue weighted by molar-refractivity contribution is 7.14. The monoisotopic (exact) mass is 445 g/mol. The molecule has 1 amide bonds. The van der Waals surface area contributed by atoms with Crippen LogP contribution in [0.5, 0.6) is 0 Å². The Morgan fingerprint density at radius 3 is 2.63 bits per heavy atom. The summed E-state index contributed by atoms with van der Waals surface area (Å²) >= 11 is 7.49. The van der Waals surface area contributed by atoms with Crippen LogP contribution in [0.15, 0.2) is 35.6 Å². The summed E-state index contributed by atoms with van der Waals surface area (Å²) in [5.41, 5.74) is 1.43. The van der Waals surface area contributed by atoms with Gasteiger partial charge in [-0.2, -0.15) is 0 Å². The number of halogens is 1. The Labute approximate surface area is 184 Å². The molecule has 0 aliphatic carbocycles. The van der Waals surface area contributed by atoms with Crippen molar-refractivity contribution in [3.8, 4) is 0 Å². The van der Waals surface area contributed by atoms with Gasteiger partial charge in [0.2, 0.25) is 5.78 Å². The van der Waals surface area contributed by atoms with Gasteiger partial charge < -0.3 is 14.9 Å². The van der Waals surface area contributed by atoms with E-state index in [1.807, 2.05) is 13.0 Å². The number of hydrogen-bond donors (Lipinski definition) is 1. The fraction of sp³-hybridized carbons (Fsp3) is 0.409. The Balaban J connectivity index is 1.73. The molecule has 4 rings (SSSR count). The zero-order valence-corrected chi connectivity index (χ0v) is 18.6. The topological polar surface area (TPSA) is 73.7 Å². The maximum absolute atomic E-state index is 13.4. The molecule has 2 aromatic rings. The summed E-state index contributed by atoms with van der Waals surface area (Å²) in [6.45, 7) is 6.75. The van der Waals surface area contributed by atoms with Crippen LogP contribution in [0.2, 0.25) is 5.02 Å². The SMILES string of the molecule is Cc1nc(C)c(C(=O)C2=C(O)C(=O)N(CCN3CCCC3)C2c2cccc(Cl)c2)s1. The molecule has 1 fully saturated rings. The Morgan fingerprint density at radius 2 is 2.00 bits per heavy atom. The first-order valence-electron chi connectivity index (χ1n) is 10.1. The predicted octanol–water partition coefficient (Wildman–Crippen LogP) is 4.09. The van der Waals surface area contributed by atoms with Gasteiger partial charge in [0, 0.05) is 18.1 Å². The van der Waals surface area contributed by atoms with Gasteiger partial charge in [-0.1, -0.05) is 23.7 Å². The van der Waals surface area contributed by atoms with Gasteiger partial charge in [0.05, 0.1) is 27.2 Å². The number of aliphatic hydroxyl groups is 1. The van der Waals surface area contributed by atoms with Crippen molar-refractivity contribution in [3.05, 3.63) is 61.8 Å². The van der Waals surface area contributed by atoms with E-state index in [0.717, 1.165) is 30.9 Å². The Morgan fingerprint density at radius 1 is 1.27 bits per heavy atom. The number of thiazole rings is 1. The third-order valence-corrected chi connectivity index (χ3v) is 6.99. The third kappa shape index (κ3) is 3.89. The lowest BCUT2D eigenvalue weighted by atomic mass is 9.95. The van der Waals surface area contributed by atoms with Gasteiger partial charge in [0.1, 0.15) is 0 Å². The van der Waals surface area contributed by atoms with Crippen LogP contribution in [0.4, 0.5) is 0 Å². The number of likely N-dealkylation sites (tertiary alicyclic amines) is 1. The van der Waals surface area contributed by atoms with Crippen LogP contribution in [0.1, 0.15) is 44.8 Å². The van der Waals surface area contributed by atoms with Crippen LogP contribution < -0.4 is 0 Å². The van der Waals surface area contributed by atoms with Crippen molar-refractivity contribution in [2.75, 3.05) is 26.2 Å². The molecule has 1 aromatic heterocycles. The molecule has 0 bridgehead atoms. The number of rotatable bonds is 6. The van der Waals surface area contributed by atoms with E-state index in [0.29, 0.717) is 34.2 Å². The maximum atomic E-state index is 13.4. The third-order valence-electron chi connectivity index (χ3n) is 5.68. The van der Waals surface area contributed by atoms with Crippen LogP contribution in [-0.4, -0.2) is 57.8 Å². The number of aromatic nitrogens is 1. The molecule has 1 unspecified atom stereocenters. The van der Waals surface area contributed by atoms with Gasteiger partial charge >= 0.3 is 0 Å². The summed E-state index contributed by atoms with van der Waals surface area (Å²) in [5.74, 6) is -1.34. The van der Waals surface area contributed by atoms with Crippen molar-refractivity contribution in [2.45, 2.75) is 32.7 Å². The van der Waals surface area contributed by atoms with Gasteiger partial charge in [0.25, 0.3) is 5.91 Å². The predicted molar refractivity (Wildman–Crippen MR) is 117 cm³/mol. The van der Waals surface area contributed by atoms with E-state index in [-0.39, 0.29) is 11.4 Å². The Kier molecular flexibility index (Phi) is 5.95. The van der Waals surface area contributed by atoms with Crippen LogP contribution in [-0.2, 0) is 4.79 Å². The minimum Gasteiger partial charge on any atom is -0.503 e. The van der Waals surface area contributed by atoms with E-state index in [4.69, 9.17) is 11.6 Å². The summed E-state index contributed by atoms with van der Waals surface area (Å²) in [6, 6.07) is 6.45. The fourth-order valence-corrected chi connectivity index (χ4v) is 5.33. The van der Waals surface area contributed by atoms with Gasteiger partial charge in [-0.25, -0.2) is 4.98 Å². The van der Waals surface area contributed by atoms with Crippen LogP contribution >= 0.6 is 22.9 Å². The van der Waals surface area contributed by atoms with Gasteiger partial charge in [0.15, 0.2) is 5.76 Å². The number of carbonyl (C=O) groups is 2. The number of benzene rings is 1. The summed E-state index contributed by atoms with van der Waals surface area (Å²) in [6.07, 6.45) is 2.31. The molecule has 6 nitrogen and oxygen atoms in total. The first kappa shape index (κ1) is 21.0. The van der Waals surface area contributed by atoms with Gasteiger partial charge in [-0.15, -0.1) is 11.3 Å². The number of aryl methyl sites for hydroxylation is 2. The molecular formula is C22H24ClN3O3S. The van der Waals surface area contributed by atoms with E-state index in [1.54, 1.807) is 30.0 Å². The van der Waals surface area contributed by atoms with Crippen molar-refractivity contribution in [1.82, 2.24) is 14.8 Å². The molecule has 0 radical (unpaired) electrons. The van der Waals surface area contributed by atoms with E-state index < -0.39 is 17.7 Å². The average molecular weight is 446 g/mol. The van der Waals surface area contributed by atoms with E-state index in [1.165, 1.54) is 11.3 Å². The second kappa shape index (κ2) is 8.49. The second-order valence-electron chi connectivity index (χ2n) is 7.74. The highest BCUT2D eigenvalue weighted by Gasteiger charge is 2.44. The summed E-state index contributed by atoms with van der Waals surface area (Å²) in [7, 11) is 0. The van der Waals surface area contributed by atoms with E-state index in [9.17, 15) is 14.7 Å². The minimum atomic E-state index is -0.673. The number of carbonyl (C=O) groups excluding carboxylic acids is 2. The molecule has 0 saturated carbocycles. The first-order chi connectivity index (χ1) is 14.4. The number of hydrogen-bond acceptors (Lipinski definition) is 6. The molecule has 1 atom stereocenters. The largest absolute Gasteiger partial charge is 0.503 e. The quantitative estimate of drug-likeness (QED) is 0.678. The molecule has 30 heavy (non-hydrogen) atoms. The minimum absolute atomic E-state index is 0.107. The number of Topliss-reactive ketones (excluding diaryl/α,β-unsaturated/α-hetero) is 1. The fourth-order valence-electron chi connectivity index (χ4n) is 4.26. The van der Waals surface area contributed by atoms with Crippen molar-refractivity contribution in [2.24, 2.45) is 0 Å².